The molecule has 3 aliphatic heterocycles. The summed E-state index contributed by atoms with van der Waals surface area (Å²) in [6.07, 6.45) is 2.48. The maximum Gasteiger partial charge on any atom is 0.233 e. The molecule has 2 fully saturated rings. The molecule has 4 rings (SSSR count). The molecule has 1 spiro atoms. The van der Waals surface area contributed by atoms with Gasteiger partial charge in [-0.1, -0.05) is 6.07 Å². The zero-order valence-electron chi connectivity index (χ0n) is 14.9. The molecule has 0 bridgehead atoms. The summed E-state index contributed by atoms with van der Waals surface area (Å²) >= 11 is 0. The fourth-order valence-electron chi connectivity index (χ4n) is 4.60. The monoisotopic (exact) mass is 363 g/mol. The second-order valence-electron chi connectivity index (χ2n) is 8.04. The van der Waals surface area contributed by atoms with Crippen molar-refractivity contribution < 1.29 is 17.9 Å². The molecule has 2 saturated heterocycles. The molecule has 5 nitrogen and oxygen atoms in total. The van der Waals surface area contributed by atoms with E-state index in [4.69, 9.17) is 4.74 Å². The zero-order valence-corrected chi connectivity index (χ0v) is 15.7. The van der Waals surface area contributed by atoms with Gasteiger partial charge in [-0.25, -0.2) is 8.42 Å². The molecule has 0 radical (unpaired) electrons. The number of carbonyl (C=O) groups excluding carboxylic acids is 1. The highest BCUT2D eigenvalue weighted by Crippen LogP contribution is 2.42. The van der Waals surface area contributed by atoms with Crippen molar-refractivity contribution in [1.29, 1.82) is 0 Å². The summed E-state index contributed by atoms with van der Waals surface area (Å²) < 4.78 is 29.7. The van der Waals surface area contributed by atoms with Crippen molar-refractivity contribution in [3.63, 3.8) is 0 Å². The van der Waals surface area contributed by atoms with Crippen LogP contribution >= 0.6 is 0 Å². The van der Waals surface area contributed by atoms with E-state index in [1.807, 2.05) is 17.9 Å². The molecule has 0 N–H and O–H groups in total. The normalized spacial score (nSPS) is 30.3. The van der Waals surface area contributed by atoms with Gasteiger partial charge in [0, 0.05) is 24.1 Å². The van der Waals surface area contributed by atoms with Crippen molar-refractivity contribution in [2.45, 2.75) is 39.0 Å². The molecule has 1 aromatic carbocycles. The molecule has 2 atom stereocenters. The number of fused-ring (bicyclic) bond motifs is 1. The van der Waals surface area contributed by atoms with Crippen molar-refractivity contribution in [2.75, 3.05) is 31.2 Å². The van der Waals surface area contributed by atoms with Crippen molar-refractivity contribution in [3.05, 3.63) is 28.8 Å². The Hall–Kier alpha value is -1.56. The molecule has 136 valence electrons. The number of likely N-dealkylation sites (tertiary alicyclic amines) is 1. The summed E-state index contributed by atoms with van der Waals surface area (Å²) in [6.45, 7) is 5.77. The first-order chi connectivity index (χ1) is 11.8. The van der Waals surface area contributed by atoms with E-state index in [9.17, 15) is 13.2 Å². The Bertz CT molecular complexity index is 832. The maximum absolute atomic E-state index is 13.2. The smallest absolute Gasteiger partial charge is 0.233 e. The molecule has 0 aromatic heterocycles. The Morgan fingerprint density at radius 2 is 2.00 bits per heavy atom. The predicted octanol–water partition coefficient (Wildman–Crippen LogP) is 2.21. The number of nitrogens with zero attached hydrogens (tertiary/aromatic N) is 1. The van der Waals surface area contributed by atoms with Crippen molar-refractivity contribution in [2.24, 2.45) is 5.41 Å². The zero-order chi connectivity index (χ0) is 17.8. The average Bonchev–Trinajstić information content (AvgIpc) is 3.08. The first-order valence-corrected chi connectivity index (χ1v) is 10.8. The van der Waals surface area contributed by atoms with E-state index < -0.39 is 9.84 Å². The van der Waals surface area contributed by atoms with Gasteiger partial charge in [-0.15, -0.1) is 0 Å². The molecule has 1 amide bonds. The molecule has 3 heterocycles. The van der Waals surface area contributed by atoms with Gasteiger partial charge in [0.15, 0.2) is 9.84 Å². The number of ether oxygens (including phenoxy) is 1. The van der Waals surface area contributed by atoms with E-state index in [0.717, 1.165) is 30.7 Å². The molecular weight excluding hydrogens is 338 g/mol. The lowest BCUT2D eigenvalue weighted by molar-refractivity contribution is -0.136. The number of hydrogen-bond acceptors (Lipinski definition) is 4. The van der Waals surface area contributed by atoms with Gasteiger partial charge in [0.1, 0.15) is 18.3 Å². The molecule has 2 unspecified atom stereocenters. The lowest BCUT2D eigenvalue weighted by atomic mass is 9.79. The number of piperidine rings is 1. The molecule has 1 aromatic rings. The van der Waals surface area contributed by atoms with E-state index >= 15 is 0 Å². The summed E-state index contributed by atoms with van der Waals surface area (Å²) in [5, 5.41) is 0. The minimum Gasteiger partial charge on any atom is -0.492 e. The second kappa shape index (κ2) is 5.73. The summed E-state index contributed by atoms with van der Waals surface area (Å²) in [4.78, 5) is 15.0. The Balaban J connectivity index is 1.56. The van der Waals surface area contributed by atoms with Gasteiger partial charge in [0.25, 0.3) is 0 Å². The predicted molar refractivity (Wildman–Crippen MR) is 95.7 cm³/mol. The minimum absolute atomic E-state index is 0.0883. The minimum atomic E-state index is -2.94. The standard InChI is InChI=1S/C19H25NO4S/c1-13-8-15-16(10-24-17(15)9-14(13)2)18(21)20-6-3-4-19(11-20)5-7-25(22,23)12-19/h8-9,16H,3-7,10-12H2,1-2H3. The van der Waals surface area contributed by atoms with E-state index in [1.54, 1.807) is 0 Å². The van der Waals surface area contributed by atoms with Crippen LogP contribution in [0.15, 0.2) is 12.1 Å². The lowest BCUT2D eigenvalue weighted by Crippen LogP contribution is -2.48. The van der Waals surface area contributed by atoms with Crippen LogP contribution in [0.1, 0.15) is 41.9 Å². The van der Waals surface area contributed by atoms with Crippen LogP contribution < -0.4 is 4.74 Å². The second-order valence-corrected chi connectivity index (χ2v) is 10.2. The highest BCUT2D eigenvalue weighted by Gasteiger charge is 2.46. The molecule has 25 heavy (non-hydrogen) atoms. The molecule has 0 saturated carbocycles. The number of rotatable bonds is 1. The highest BCUT2D eigenvalue weighted by molar-refractivity contribution is 7.91. The highest BCUT2D eigenvalue weighted by atomic mass is 32.2. The third kappa shape index (κ3) is 2.94. The van der Waals surface area contributed by atoms with Crippen LogP contribution in [-0.2, 0) is 14.6 Å². The van der Waals surface area contributed by atoms with Gasteiger partial charge in [-0.05, 0) is 50.3 Å². The fourth-order valence-corrected chi connectivity index (χ4v) is 6.80. The number of hydrogen-bond donors (Lipinski definition) is 0. The van der Waals surface area contributed by atoms with Gasteiger partial charge < -0.3 is 9.64 Å². The van der Waals surface area contributed by atoms with Crippen molar-refractivity contribution in [3.8, 4) is 5.75 Å². The lowest BCUT2D eigenvalue weighted by Gasteiger charge is -2.40. The molecular formula is C19H25NO4S. The largest absolute Gasteiger partial charge is 0.492 e. The van der Waals surface area contributed by atoms with Crippen LogP contribution in [0.3, 0.4) is 0 Å². The quantitative estimate of drug-likeness (QED) is 0.767. The van der Waals surface area contributed by atoms with Crippen LogP contribution in [0.2, 0.25) is 0 Å². The van der Waals surface area contributed by atoms with Gasteiger partial charge >= 0.3 is 0 Å². The maximum atomic E-state index is 13.2. The van der Waals surface area contributed by atoms with E-state index in [-0.39, 0.29) is 28.7 Å². The van der Waals surface area contributed by atoms with Crippen LogP contribution in [0.25, 0.3) is 0 Å². The van der Waals surface area contributed by atoms with Crippen LogP contribution in [0, 0.1) is 19.3 Å². The molecule has 3 aliphatic rings. The Morgan fingerprint density at radius 3 is 2.72 bits per heavy atom. The third-order valence-electron chi connectivity index (χ3n) is 6.15. The van der Waals surface area contributed by atoms with E-state index in [1.165, 1.54) is 11.1 Å². The topological polar surface area (TPSA) is 63.7 Å². The SMILES string of the molecule is Cc1cc2c(cc1C)C(C(=O)N1CCCC3(CCS(=O)(=O)C3)C1)CO2. The van der Waals surface area contributed by atoms with Gasteiger partial charge in [0.2, 0.25) is 5.91 Å². The average molecular weight is 363 g/mol. The van der Waals surface area contributed by atoms with E-state index in [2.05, 4.69) is 13.0 Å². The van der Waals surface area contributed by atoms with Gasteiger partial charge in [0.05, 0.1) is 11.5 Å². The summed E-state index contributed by atoms with van der Waals surface area (Å²) in [5.41, 5.74) is 3.09. The Kier molecular flexibility index (Phi) is 3.87. The van der Waals surface area contributed by atoms with Crippen LogP contribution in [-0.4, -0.2) is 50.4 Å². The third-order valence-corrected chi connectivity index (χ3v) is 8.03. The summed E-state index contributed by atoms with van der Waals surface area (Å²) in [7, 11) is -2.94. The summed E-state index contributed by atoms with van der Waals surface area (Å²) in [6, 6.07) is 4.08. The van der Waals surface area contributed by atoms with Crippen LogP contribution in [0.4, 0.5) is 0 Å². The number of carbonyl (C=O) groups is 1. The van der Waals surface area contributed by atoms with Crippen molar-refractivity contribution in [1.82, 2.24) is 4.90 Å². The number of benzene rings is 1. The Labute approximate surface area is 149 Å². The molecule has 6 heteroatoms. The number of sulfone groups is 1. The fraction of sp³-hybridized carbons (Fsp3) is 0.632. The van der Waals surface area contributed by atoms with Gasteiger partial charge in [-0.3, -0.25) is 4.79 Å². The first-order valence-electron chi connectivity index (χ1n) is 9.02. The van der Waals surface area contributed by atoms with Gasteiger partial charge in [-0.2, -0.15) is 0 Å². The number of aryl methyl sites for hydroxylation is 2. The number of amides is 1. The molecule has 0 aliphatic carbocycles. The Morgan fingerprint density at radius 1 is 1.24 bits per heavy atom. The van der Waals surface area contributed by atoms with Crippen LogP contribution in [0.5, 0.6) is 5.75 Å². The van der Waals surface area contributed by atoms with E-state index in [0.29, 0.717) is 19.6 Å². The first kappa shape index (κ1) is 16.9. The van der Waals surface area contributed by atoms with Crippen molar-refractivity contribution >= 4 is 15.7 Å². The summed E-state index contributed by atoms with van der Waals surface area (Å²) in [5.74, 6) is 1.15.